The Morgan fingerprint density at radius 2 is 2.40 bits per heavy atom. The lowest BCUT2D eigenvalue weighted by atomic mass is 10.1. The number of carbonyl (C=O) groups excluding carboxylic acids is 1. The van der Waals surface area contributed by atoms with E-state index in [0.717, 1.165) is 0 Å². The Bertz CT molecular complexity index is 325. The summed E-state index contributed by atoms with van der Waals surface area (Å²) in [7, 11) is 0. The van der Waals surface area contributed by atoms with Gasteiger partial charge in [-0.25, -0.2) is 4.79 Å². The lowest BCUT2D eigenvalue weighted by molar-refractivity contribution is 0.189. The first-order chi connectivity index (χ1) is 7.03. The number of nitrogens with zero attached hydrogens (tertiary/aromatic N) is 1. The van der Waals surface area contributed by atoms with Crippen LogP contribution in [0.5, 0.6) is 5.75 Å². The number of nitrogens with two attached hydrogens (primary N) is 1. The van der Waals surface area contributed by atoms with E-state index >= 15 is 0 Å². The molecule has 1 amide bonds. The van der Waals surface area contributed by atoms with E-state index in [9.17, 15) is 4.79 Å². The summed E-state index contributed by atoms with van der Waals surface area (Å²) in [6.45, 7) is 3.98. The van der Waals surface area contributed by atoms with E-state index in [1.54, 1.807) is 18.3 Å². The highest BCUT2D eigenvalue weighted by molar-refractivity contribution is 5.71. The maximum absolute atomic E-state index is 11.4. The van der Waals surface area contributed by atoms with Crippen LogP contribution in [0.2, 0.25) is 0 Å². The normalized spacial score (nSPS) is 10.9. The predicted octanol–water partition coefficient (Wildman–Crippen LogP) is 0.907. The summed E-state index contributed by atoms with van der Waals surface area (Å²) in [5.74, 6) is 0.405. The van der Waals surface area contributed by atoms with Gasteiger partial charge < -0.3 is 15.8 Å². The molecule has 82 valence electrons. The topological polar surface area (TPSA) is 77.2 Å². The second kappa shape index (κ2) is 4.75. The van der Waals surface area contributed by atoms with Crippen molar-refractivity contribution in [2.75, 3.05) is 6.54 Å². The van der Waals surface area contributed by atoms with Crippen LogP contribution < -0.4 is 15.8 Å². The van der Waals surface area contributed by atoms with Gasteiger partial charge in [-0.2, -0.15) is 0 Å². The largest absolute Gasteiger partial charge is 0.413 e. The Kier molecular flexibility index (Phi) is 3.62. The van der Waals surface area contributed by atoms with Crippen molar-refractivity contribution in [3.8, 4) is 5.75 Å². The van der Waals surface area contributed by atoms with Crippen LogP contribution in [-0.4, -0.2) is 23.2 Å². The van der Waals surface area contributed by atoms with Crippen molar-refractivity contribution in [1.29, 1.82) is 0 Å². The highest BCUT2D eigenvalue weighted by Crippen LogP contribution is 2.07. The molecule has 0 aliphatic carbocycles. The van der Waals surface area contributed by atoms with Crippen LogP contribution >= 0.6 is 0 Å². The minimum absolute atomic E-state index is 0.342. The molecule has 1 rings (SSSR count). The average Bonchev–Trinajstić information content (AvgIpc) is 2.18. The number of aromatic nitrogens is 1. The summed E-state index contributed by atoms with van der Waals surface area (Å²) in [5, 5.41) is 2.64. The van der Waals surface area contributed by atoms with E-state index in [-0.39, 0.29) is 0 Å². The SMILES string of the molecule is CC(C)(CN)NC(=O)Oc1cccnc1. The molecule has 0 fully saturated rings. The van der Waals surface area contributed by atoms with Crippen LogP contribution in [0.1, 0.15) is 13.8 Å². The predicted molar refractivity (Wildman–Crippen MR) is 56.5 cm³/mol. The number of hydrogen-bond acceptors (Lipinski definition) is 4. The Morgan fingerprint density at radius 3 is 2.93 bits per heavy atom. The van der Waals surface area contributed by atoms with Crippen molar-refractivity contribution in [3.05, 3.63) is 24.5 Å². The second-order valence-corrected chi connectivity index (χ2v) is 3.79. The number of carbonyl (C=O) groups is 1. The van der Waals surface area contributed by atoms with Crippen LogP contribution in [0.15, 0.2) is 24.5 Å². The molecule has 5 heteroatoms. The van der Waals surface area contributed by atoms with Gasteiger partial charge in [0, 0.05) is 18.3 Å². The molecule has 0 saturated heterocycles. The molecule has 0 radical (unpaired) electrons. The van der Waals surface area contributed by atoms with Crippen LogP contribution in [0.3, 0.4) is 0 Å². The molecule has 1 aromatic heterocycles. The molecule has 0 bridgehead atoms. The van der Waals surface area contributed by atoms with E-state index in [1.165, 1.54) is 6.20 Å². The fourth-order valence-corrected chi connectivity index (χ4v) is 0.867. The van der Waals surface area contributed by atoms with Gasteiger partial charge in [0.1, 0.15) is 0 Å². The lowest BCUT2D eigenvalue weighted by Crippen LogP contribution is -2.49. The Hall–Kier alpha value is -1.62. The zero-order valence-electron chi connectivity index (χ0n) is 8.86. The van der Waals surface area contributed by atoms with Crippen molar-refractivity contribution < 1.29 is 9.53 Å². The standard InChI is InChI=1S/C10H15N3O2/c1-10(2,7-11)13-9(14)15-8-4-3-5-12-6-8/h3-6H,7,11H2,1-2H3,(H,13,14). The Balaban J connectivity index is 2.51. The minimum Gasteiger partial charge on any atom is -0.409 e. The summed E-state index contributed by atoms with van der Waals surface area (Å²) >= 11 is 0. The molecule has 3 N–H and O–H groups in total. The summed E-state index contributed by atoms with van der Waals surface area (Å²) in [5.41, 5.74) is 4.99. The highest BCUT2D eigenvalue weighted by Gasteiger charge is 2.19. The maximum Gasteiger partial charge on any atom is 0.413 e. The van der Waals surface area contributed by atoms with Crippen LogP contribution in [0.4, 0.5) is 4.79 Å². The molecular weight excluding hydrogens is 194 g/mol. The fourth-order valence-electron chi connectivity index (χ4n) is 0.867. The maximum atomic E-state index is 11.4. The molecular formula is C10H15N3O2. The van der Waals surface area contributed by atoms with Crippen molar-refractivity contribution in [1.82, 2.24) is 10.3 Å². The number of amides is 1. The number of pyridine rings is 1. The summed E-state index contributed by atoms with van der Waals surface area (Å²) in [6, 6.07) is 3.35. The van der Waals surface area contributed by atoms with Gasteiger partial charge in [0.05, 0.1) is 6.20 Å². The molecule has 0 aliphatic heterocycles. The van der Waals surface area contributed by atoms with E-state index in [1.807, 2.05) is 13.8 Å². The van der Waals surface area contributed by atoms with Crippen molar-refractivity contribution in [2.24, 2.45) is 5.73 Å². The smallest absolute Gasteiger partial charge is 0.409 e. The molecule has 0 aromatic carbocycles. The van der Waals surface area contributed by atoms with Crippen LogP contribution in [0, 0.1) is 0 Å². The van der Waals surface area contributed by atoms with Gasteiger partial charge in [-0.05, 0) is 26.0 Å². The number of nitrogens with one attached hydrogen (secondary N) is 1. The first-order valence-electron chi connectivity index (χ1n) is 4.63. The number of rotatable bonds is 3. The second-order valence-electron chi connectivity index (χ2n) is 3.79. The third kappa shape index (κ3) is 3.95. The molecule has 5 nitrogen and oxygen atoms in total. The van der Waals surface area contributed by atoms with E-state index in [4.69, 9.17) is 10.5 Å². The Labute approximate surface area is 88.6 Å². The third-order valence-electron chi connectivity index (χ3n) is 1.80. The van der Waals surface area contributed by atoms with Crippen molar-refractivity contribution in [2.45, 2.75) is 19.4 Å². The zero-order valence-corrected chi connectivity index (χ0v) is 8.86. The van der Waals surface area contributed by atoms with E-state index in [0.29, 0.717) is 12.3 Å². The van der Waals surface area contributed by atoms with Crippen molar-refractivity contribution in [3.63, 3.8) is 0 Å². The van der Waals surface area contributed by atoms with E-state index < -0.39 is 11.6 Å². The van der Waals surface area contributed by atoms with Crippen molar-refractivity contribution >= 4 is 6.09 Å². The minimum atomic E-state index is -0.529. The summed E-state index contributed by atoms with van der Waals surface area (Å²) < 4.78 is 4.98. The monoisotopic (exact) mass is 209 g/mol. The molecule has 1 aromatic rings. The molecule has 15 heavy (non-hydrogen) atoms. The van der Waals surface area contributed by atoms with Gasteiger partial charge in [-0.15, -0.1) is 0 Å². The third-order valence-corrected chi connectivity index (χ3v) is 1.80. The zero-order chi connectivity index (χ0) is 11.3. The molecule has 0 saturated carbocycles. The number of ether oxygens (including phenoxy) is 1. The Morgan fingerprint density at radius 1 is 1.67 bits per heavy atom. The van der Waals surface area contributed by atoms with Gasteiger partial charge in [-0.3, -0.25) is 4.98 Å². The van der Waals surface area contributed by atoms with Gasteiger partial charge in [0.2, 0.25) is 0 Å². The molecule has 1 heterocycles. The lowest BCUT2D eigenvalue weighted by Gasteiger charge is -2.23. The number of hydrogen-bond donors (Lipinski definition) is 2. The fraction of sp³-hybridized carbons (Fsp3) is 0.400. The molecule has 0 unspecified atom stereocenters. The molecule has 0 spiro atoms. The highest BCUT2D eigenvalue weighted by atomic mass is 16.6. The molecule has 0 atom stereocenters. The van der Waals surface area contributed by atoms with Crippen LogP contribution in [-0.2, 0) is 0 Å². The first kappa shape index (κ1) is 11.5. The summed E-state index contributed by atoms with van der Waals surface area (Å²) in [6.07, 6.45) is 2.54. The van der Waals surface area contributed by atoms with Crippen LogP contribution in [0.25, 0.3) is 0 Å². The van der Waals surface area contributed by atoms with Gasteiger partial charge in [-0.1, -0.05) is 0 Å². The van der Waals surface area contributed by atoms with Gasteiger partial charge in [0.15, 0.2) is 5.75 Å². The molecule has 0 aliphatic rings. The first-order valence-corrected chi connectivity index (χ1v) is 4.63. The average molecular weight is 209 g/mol. The van der Waals surface area contributed by atoms with E-state index in [2.05, 4.69) is 10.3 Å². The quantitative estimate of drug-likeness (QED) is 0.775. The van der Waals surface area contributed by atoms with Gasteiger partial charge >= 0.3 is 6.09 Å². The summed E-state index contributed by atoms with van der Waals surface area (Å²) in [4.78, 5) is 15.2. The van der Waals surface area contributed by atoms with Gasteiger partial charge in [0.25, 0.3) is 0 Å².